The fourth-order valence-corrected chi connectivity index (χ4v) is 3.96. The van der Waals surface area contributed by atoms with Crippen molar-refractivity contribution < 1.29 is 19.0 Å². The first-order chi connectivity index (χ1) is 16.2. The van der Waals surface area contributed by atoms with Crippen molar-refractivity contribution in [2.45, 2.75) is 6.61 Å². The van der Waals surface area contributed by atoms with Gasteiger partial charge in [0.1, 0.15) is 6.61 Å². The summed E-state index contributed by atoms with van der Waals surface area (Å²) in [4.78, 5) is 16.6. The fourth-order valence-electron chi connectivity index (χ4n) is 3.07. The second kappa shape index (κ2) is 10.5. The molecule has 3 aromatic carbocycles. The molecule has 4 rings (SSSR count). The Labute approximate surface area is 220 Å². The Kier molecular flexibility index (Phi) is 7.60. The van der Waals surface area contributed by atoms with Gasteiger partial charge in [0.05, 0.1) is 32.2 Å². The number of cyclic esters (lactones) is 1. The number of aliphatic imine (C=N–C) groups is 1. The Balaban J connectivity index is 1.59. The van der Waals surface area contributed by atoms with Gasteiger partial charge in [0, 0.05) is 5.56 Å². The molecule has 174 valence electrons. The van der Waals surface area contributed by atoms with Crippen LogP contribution in [0.3, 0.4) is 0 Å². The van der Waals surface area contributed by atoms with E-state index in [1.54, 1.807) is 48.5 Å². The van der Waals surface area contributed by atoms with E-state index in [-0.39, 0.29) is 23.2 Å². The molecule has 1 aliphatic rings. The van der Waals surface area contributed by atoms with Gasteiger partial charge in [0.25, 0.3) is 0 Å². The molecular formula is C24H14Cl5NO4. The smallest absolute Gasteiger partial charge is 0.363 e. The second-order valence-electron chi connectivity index (χ2n) is 7.04. The van der Waals surface area contributed by atoms with Crippen molar-refractivity contribution in [2.75, 3.05) is 7.11 Å². The molecule has 0 saturated heterocycles. The Morgan fingerprint density at radius 1 is 0.882 bits per heavy atom. The van der Waals surface area contributed by atoms with Crippen LogP contribution >= 0.6 is 58.0 Å². The summed E-state index contributed by atoms with van der Waals surface area (Å²) >= 11 is 30.5. The van der Waals surface area contributed by atoms with E-state index in [4.69, 9.17) is 72.2 Å². The van der Waals surface area contributed by atoms with Crippen LogP contribution in [0.5, 0.6) is 11.5 Å². The van der Waals surface area contributed by atoms with Crippen molar-refractivity contribution in [2.24, 2.45) is 4.99 Å². The number of ether oxygens (including phenoxy) is 3. The molecule has 1 aliphatic heterocycles. The van der Waals surface area contributed by atoms with Gasteiger partial charge in [-0.25, -0.2) is 9.79 Å². The van der Waals surface area contributed by atoms with Gasteiger partial charge >= 0.3 is 5.97 Å². The molecule has 0 aromatic heterocycles. The molecule has 0 spiro atoms. The van der Waals surface area contributed by atoms with E-state index in [9.17, 15) is 4.79 Å². The van der Waals surface area contributed by atoms with E-state index in [1.807, 2.05) is 0 Å². The molecule has 0 fully saturated rings. The number of rotatable bonds is 6. The van der Waals surface area contributed by atoms with Crippen LogP contribution in [0, 0.1) is 0 Å². The lowest BCUT2D eigenvalue weighted by Crippen LogP contribution is -2.05. The zero-order valence-electron chi connectivity index (χ0n) is 17.4. The minimum absolute atomic E-state index is 0.0867. The predicted molar refractivity (Wildman–Crippen MR) is 136 cm³/mol. The standard InChI is InChI=1S/C24H14Cl5NO4/c1-32-21-9-13(7-19(29)22(21)33-11-12-2-4-15(25)17(27)6-12)8-20-24(31)34-23(30-20)14-3-5-16(26)18(28)10-14/h2-10H,11H2,1H3/b20-8-. The first-order valence-corrected chi connectivity index (χ1v) is 11.6. The Hall–Kier alpha value is -2.41. The molecular weight excluding hydrogens is 544 g/mol. The highest BCUT2D eigenvalue weighted by Gasteiger charge is 2.25. The molecule has 0 bridgehead atoms. The zero-order valence-corrected chi connectivity index (χ0v) is 21.2. The number of carbonyl (C=O) groups is 1. The van der Waals surface area contributed by atoms with E-state index < -0.39 is 5.97 Å². The Bertz CT molecular complexity index is 1350. The van der Waals surface area contributed by atoms with Crippen molar-refractivity contribution in [1.29, 1.82) is 0 Å². The summed E-state index contributed by atoms with van der Waals surface area (Å²) in [5.41, 5.74) is 1.97. The summed E-state index contributed by atoms with van der Waals surface area (Å²) in [7, 11) is 1.49. The van der Waals surface area contributed by atoms with Crippen LogP contribution in [0.15, 0.2) is 59.2 Å². The lowest BCUT2D eigenvalue weighted by atomic mass is 10.1. The van der Waals surface area contributed by atoms with Crippen molar-refractivity contribution >= 4 is 75.9 Å². The molecule has 34 heavy (non-hydrogen) atoms. The van der Waals surface area contributed by atoms with E-state index in [1.165, 1.54) is 13.2 Å². The monoisotopic (exact) mass is 555 g/mol. The third kappa shape index (κ3) is 5.45. The third-order valence-electron chi connectivity index (χ3n) is 4.71. The molecule has 0 amide bonds. The maximum absolute atomic E-state index is 12.4. The normalized spacial score (nSPS) is 14.2. The molecule has 0 radical (unpaired) electrons. The lowest BCUT2D eigenvalue weighted by molar-refractivity contribution is -0.129. The van der Waals surface area contributed by atoms with Gasteiger partial charge in [-0.1, -0.05) is 64.1 Å². The third-order valence-corrected chi connectivity index (χ3v) is 6.47. The number of carbonyl (C=O) groups excluding carboxylic acids is 1. The first kappa shape index (κ1) is 24.7. The first-order valence-electron chi connectivity index (χ1n) is 9.67. The number of hydrogen-bond acceptors (Lipinski definition) is 5. The molecule has 10 heteroatoms. The molecule has 3 aromatic rings. The maximum atomic E-state index is 12.4. The molecule has 0 saturated carbocycles. The number of methoxy groups -OCH3 is 1. The highest BCUT2D eigenvalue weighted by atomic mass is 35.5. The van der Waals surface area contributed by atoms with Gasteiger partial charge in [0.15, 0.2) is 17.2 Å². The lowest BCUT2D eigenvalue weighted by Gasteiger charge is -2.14. The van der Waals surface area contributed by atoms with Gasteiger partial charge in [-0.2, -0.15) is 0 Å². The number of halogens is 5. The van der Waals surface area contributed by atoms with Crippen LogP contribution < -0.4 is 9.47 Å². The molecule has 5 nitrogen and oxygen atoms in total. The minimum atomic E-state index is -0.615. The van der Waals surface area contributed by atoms with Gasteiger partial charge in [0.2, 0.25) is 5.90 Å². The number of nitrogens with zero attached hydrogens (tertiary/aromatic N) is 1. The van der Waals surface area contributed by atoms with Crippen molar-refractivity contribution in [3.8, 4) is 11.5 Å². The van der Waals surface area contributed by atoms with Gasteiger partial charge in [-0.15, -0.1) is 0 Å². The second-order valence-corrected chi connectivity index (χ2v) is 9.07. The maximum Gasteiger partial charge on any atom is 0.363 e. The SMILES string of the molecule is COc1cc(/C=C2\N=C(c3ccc(Cl)c(Cl)c3)OC2=O)cc(Cl)c1OCc1ccc(Cl)c(Cl)c1. The van der Waals surface area contributed by atoms with Crippen LogP contribution in [0.2, 0.25) is 25.1 Å². The summed E-state index contributed by atoms with van der Waals surface area (Å²) in [6.07, 6.45) is 1.53. The highest BCUT2D eigenvalue weighted by Crippen LogP contribution is 2.38. The number of benzene rings is 3. The summed E-state index contributed by atoms with van der Waals surface area (Å²) < 4.78 is 16.6. The summed E-state index contributed by atoms with van der Waals surface area (Å²) in [5.74, 6) is 0.219. The van der Waals surface area contributed by atoms with Crippen LogP contribution in [-0.4, -0.2) is 19.0 Å². The summed E-state index contributed by atoms with van der Waals surface area (Å²) in [6, 6.07) is 13.3. The molecule has 0 atom stereocenters. The highest BCUT2D eigenvalue weighted by molar-refractivity contribution is 6.42. The topological polar surface area (TPSA) is 57.1 Å². The zero-order chi connectivity index (χ0) is 24.4. The van der Waals surface area contributed by atoms with E-state index in [2.05, 4.69) is 4.99 Å². The average molecular weight is 558 g/mol. The molecule has 0 aliphatic carbocycles. The van der Waals surface area contributed by atoms with Crippen LogP contribution in [0.1, 0.15) is 16.7 Å². The van der Waals surface area contributed by atoms with Crippen LogP contribution in [0.4, 0.5) is 0 Å². The Morgan fingerprint density at radius 2 is 1.59 bits per heavy atom. The number of esters is 1. The largest absolute Gasteiger partial charge is 0.493 e. The predicted octanol–water partition coefficient (Wildman–Crippen LogP) is 7.89. The summed E-state index contributed by atoms with van der Waals surface area (Å²) in [6.45, 7) is 0.192. The average Bonchev–Trinajstić information content (AvgIpc) is 3.17. The van der Waals surface area contributed by atoms with E-state index in [0.29, 0.717) is 42.7 Å². The Morgan fingerprint density at radius 3 is 2.26 bits per heavy atom. The van der Waals surface area contributed by atoms with Crippen LogP contribution in [0.25, 0.3) is 6.08 Å². The van der Waals surface area contributed by atoms with Crippen LogP contribution in [-0.2, 0) is 16.1 Å². The van der Waals surface area contributed by atoms with Gasteiger partial charge in [-0.3, -0.25) is 0 Å². The summed E-state index contributed by atoms with van der Waals surface area (Å²) in [5, 5.41) is 1.87. The van der Waals surface area contributed by atoms with Crippen molar-refractivity contribution in [3.05, 3.63) is 96.0 Å². The molecule has 1 heterocycles. The van der Waals surface area contributed by atoms with Crippen molar-refractivity contribution in [1.82, 2.24) is 0 Å². The van der Waals surface area contributed by atoms with Crippen molar-refractivity contribution in [3.63, 3.8) is 0 Å². The fraction of sp³-hybridized carbons (Fsp3) is 0.0833. The van der Waals surface area contributed by atoms with E-state index >= 15 is 0 Å². The number of hydrogen-bond donors (Lipinski definition) is 0. The molecule has 0 N–H and O–H groups in total. The van der Waals surface area contributed by atoms with Gasteiger partial charge in [-0.05, 0) is 59.7 Å². The quantitative estimate of drug-likeness (QED) is 0.229. The minimum Gasteiger partial charge on any atom is -0.493 e. The van der Waals surface area contributed by atoms with Gasteiger partial charge < -0.3 is 14.2 Å². The molecule has 0 unspecified atom stereocenters. The van der Waals surface area contributed by atoms with E-state index in [0.717, 1.165) is 5.56 Å².